The molecule has 2 aromatic carbocycles. The molecule has 0 bridgehead atoms. The maximum Gasteiger partial charge on any atom is 0.266 e. The summed E-state index contributed by atoms with van der Waals surface area (Å²) in [4.78, 5) is 21.4. The number of nitrogens with zero attached hydrogens (tertiary/aromatic N) is 3. The van der Waals surface area contributed by atoms with Crippen molar-refractivity contribution in [2.45, 2.75) is 13.3 Å². The number of thiazole rings is 1. The number of ether oxygens (including phenoxy) is 2. The number of rotatable bonds is 9. The molecule has 6 nitrogen and oxygen atoms in total. The molecule has 3 aromatic rings. The number of hydrogen-bond donors (Lipinski definition) is 0. The van der Waals surface area contributed by atoms with E-state index in [-0.39, 0.29) is 30.7 Å². The van der Waals surface area contributed by atoms with E-state index in [0.29, 0.717) is 17.4 Å². The van der Waals surface area contributed by atoms with Gasteiger partial charge in [-0.05, 0) is 57.7 Å². The van der Waals surface area contributed by atoms with Gasteiger partial charge in [0.15, 0.2) is 23.3 Å². The lowest BCUT2D eigenvalue weighted by molar-refractivity contribution is -0.120. The summed E-state index contributed by atoms with van der Waals surface area (Å²) >= 11 is 1.44. The highest BCUT2D eigenvalue weighted by Gasteiger charge is 2.22. The Morgan fingerprint density at radius 3 is 2.55 bits per heavy atom. The summed E-state index contributed by atoms with van der Waals surface area (Å²) in [5.74, 6) is -0.0419. The third-order valence-corrected chi connectivity index (χ3v) is 5.83. The molecule has 0 saturated heterocycles. The summed E-state index contributed by atoms with van der Waals surface area (Å²) in [5, 5.41) is 0.582. The monoisotopic (exact) mass is 467 g/mol. The lowest BCUT2D eigenvalue weighted by Crippen LogP contribution is -2.37. The fourth-order valence-corrected chi connectivity index (χ4v) is 4.12. The second-order valence-corrected chi connectivity index (χ2v) is 8.16. The molecule has 0 spiro atoms. The van der Waals surface area contributed by atoms with Gasteiger partial charge < -0.3 is 14.4 Å². The van der Waals surface area contributed by atoms with Crippen LogP contribution in [0.25, 0.3) is 10.2 Å². The number of carbonyl (C=O) groups is 1. The number of fused-ring (bicyclic) bond motifs is 1. The minimum atomic E-state index is -0.496. The van der Waals surface area contributed by atoms with Crippen LogP contribution in [-0.4, -0.2) is 56.7 Å². The van der Waals surface area contributed by atoms with Crippen molar-refractivity contribution >= 4 is 45.0 Å². The summed E-state index contributed by atoms with van der Waals surface area (Å²) in [6.45, 7) is 3.04. The van der Waals surface area contributed by atoms with Gasteiger partial charge in [-0.1, -0.05) is 29.5 Å². The van der Waals surface area contributed by atoms with E-state index in [1.54, 1.807) is 24.1 Å². The van der Waals surface area contributed by atoms with Crippen LogP contribution in [0.15, 0.2) is 36.4 Å². The van der Waals surface area contributed by atoms with E-state index >= 15 is 0 Å². The first-order chi connectivity index (χ1) is 14.4. The average molecular weight is 468 g/mol. The largest absolute Gasteiger partial charge is 0.494 e. The van der Waals surface area contributed by atoms with Gasteiger partial charge in [0.05, 0.1) is 11.8 Å². The molecule has 168 valence electrons. The maximum absolute atomic E-state index is 13.8. The SMILES string of the molecule is COc1ccc(C)c2sc(N(CCCN(C)C)C(=O)COc3ccccc3F)nc12.Cl. The van der Waals surface area contributed by atoms with Crippen molar-refractivity contribution in [3.05, 3.63) is 47.8 Å². The number of benzene rings is 2. The van der Waals surface area contributed by atoms with Crippen LogP contribution >= 0.6 is 23.7 Å². The lowest BCUT2D eigenvalue weighted by Gasteiger charge is -2.21. The second-order valence-electron chi connectivity index (χ2n) is 7.18. The zero-order valence-electron chi connectivity index (χ0n) is 18.1. The molecule has 1 aromatic heterocycles. The van der Waals surface area contributed by atoms with Gasteiger partial charge in [-0.25, -0.2) is 9.37 Å². The first-order valence-corrected chi connectivity index (χ1v) is 10.5. The Morgan fingerprint density at radius 2 is 1.87 bits per heavy atom. The van der Waals surface area contributed by atoms with Gasteiger partial charge in [-0.15, -0.1) is 12.4 Å². The smallest absolute Gasteiger partial charge is 0.266 e. The van der Waals surface area contributed by atoms with E-state index in [4.69, 9.17) is 14.5 Å². The molecule has 0 aliphatic rings. The predicted octanol–water partition coefficient (Wildman–Crippen LogP) is 4.54. The quantitative estimate of drug-likeness (QED) is 0.462. The maximum atomic E-state index is 13.8. The van der Waals surface area contributed by atoms with Crippen LogP contribution < -0.4 is 14.4 Å². The van der Waals surface area contributed by atoms with Gasteiger partial charge in [0.2, 0.25) is 0 Å². The Morgan fingerprint density at radius 1 is 1.13 bits per heavy atom. The molecule has 9 heteroatoms. The van der Waals surface area contributed by atoms with Crippen LogP contribution in [0.3, 0.4) is 0 Å². The summed E-state index contributed by atoms with van der Waals surface area (Å²) in [6.07, 6.45) is 0.768. The van der Waals surface area contributed by atoms with Gasteiger partial charge in [0.1, 0.15) is 11.3 Å². The molecule has 0 unspecified atom stereocenters. The predicted molar refractivity (Wildman–Crippen MR) is 126 cm³/mol. The van der Waals surface area contributed by atoms with Crippen molar-refractivity contribution in [1.29, 1.82) is 0 Å². The molecule has 1 heterocycles. The van der Waals surface area contributed by atoms with Crippen molar-refractivity contribution in [1.82, 2.24) is 9.88 Å². The third-order valence-electron chi connectivity index (χ3n) is 4.62. The van der Waals surface area contributed by atoms with Crippen LogP contribution in [0.1, 0.15) is 12.0 Å². The van der Waals surface area contributed by atoms with E-state index in [1.165, 1.54) is 23.5 Å². The van der Waals surface area contributed by atoms with E-state index in [0.717, 1.165) is 28.7 Å². The van der Waals surface area contributed by atoms with Gasteiger partial charge in [-0.3, -0.25) is 9.69 Å². The van der Waals surface area contributed by atoms with E-state index < -0.39 is 5.82 Å². The first-order valence-electron chi connectivity index (χ1n) is 9.67. The highest BCUT2D eigenvalue weighted by atomic mass is 35.5. The summed E-state index contributed by atoms with van der Waals surface area (Å²) in [5.41, 5.74) is 1.80. The van der Waals surface area contributed by atoms with E-state index in [2.05, 4.69) is 4.90 Å². The number of para-hydroxylation sites is 1. The fourth-order valence-electron chi connectivity index (χ4n) is 3.03. The number of aryl methyl sites for hydroxylation is 1. The zero-order chi connectivity index (χ0) is 21.7. The summed E-state index contributed by atoms with van der Waals surface area (Å²) in [6, 6.07) is 9.90. The average Bonchev–Trinajstić information content (AvgIpc) is 3.16. The standard InChI is InChI=1S/C22H26FN3O3S.ClH/c1-15-10-11-18(28-4)20-21(15)30-22(24-20)26(13-7-12-25(2)3)19(27)14-29-17-9-6-5-8-16(17)23;/h5-6,8-11H,7,12-14H2,1-4H3;1H. The number of amides is 1. The molecular formula is C22H27ClFN3O3S. The van der Waals surface area contributed by atoms with Crippen LogP contribution in [0, 0.1) is 12.7 Å². The first kappa shape index (κ1) is 24.8. The third kappa shape index (κ3) is 6.06. The van der Waals surface area contributed by atoms with Gasteiger partial charge in [-0.2, -0.15) is 0 Å². The molecule has 0 atom stereocenters. The van der Waals surface area contributed by atoms with Crippen LogP contribution in [0.5, 0.6) is 11.5 Å². The van der Waals surface area contributed by atoms with Crippen molar-refractivity contribution in [2.75, 3.05) is 45.8 Å². The molecular weight excluding hydrogens is 441 g/mol. The topological polar surface area (TPSA) is 54.9 Å². The summed E-state index contributed by atoms with van der Waals surface area (Å²) < 4.78 is 25.7. The zero-order valence-corrected chi connectivity index (χ0v) is 19.7. The van der Waals surface area contributed by atoms with Gasteiger partial charge >= 0.3 is 0 Å². The highest BCUT2D eigenvalue weighted by molar-refractivity contribution is 7.22. The van der Waals surface area contributed by atoms with Gasteiger partial charge in [0.25, 0.3) is 5.91 Å². The fraction of sp³-hybridized carbons (Fsp3) is 0.364. The minimum Gasteiger partial charge on any atom is -0.494 e. The Kier molecular flexibility index (Phi) is 9.03. The number of hydrogen-bond acceptors (Lipinski definition) is 6. The Bertz CT molecular complexity index is 1030. The Hall–Kier alpha value is -2.42. The Balaban J connectivity index is 0.00000341. The molecule has 0 N–H and O–H groups in total. The molecule has 1 amide bonds. The number of aromatic nitrogens is 1. The number of carbonyl (C=O) groups excluding carboxylic acids is 1. The number of methoxy groups -OCH3 is 1. The molecule has 0 saturated carbocycles. The molecule has 0 fully saturated rings. The second kappa shape index (κ2) is 11.3. The molecule has 3 rings (SSSR count). The lowest BCUT2D eigenvalue weighted by atomic mass is 10.2. The summed E-state index contributed by atoms with van der Waals surface area (Å²) in [7, 11) is 5.57. The number of halogens is 2. The molecule has 0 aliphatic heterocycles. The van der Waals surface area contributed by atoms with Crippen LogP contribution in [-0.2, 0) is 4.79 Å². The van der Waals surface area contributed by atoms with E-state index in [1.807, 2.05) is 33.2 Å². The normalized spacial score (nSPS) is 10.8. The van der Waals surface area contributed by atoms with Crippen LogP contribution in [0.4, 0.5) is 9.52 Å². The van der Waals surface area contributed by atoms with Crippen molar-refractivity contribution in [2.24, 2.45) is 0 Å². The van der Waals surface area contributed by atoms with Crippen molar-refractivity contribution < 1.29 is 18.7 Å². The molecule has 0 radical (unpaired) electrons. The van der Waals surface area contributed by atoms with Crippen LogP contribution in [0.2, 0.25) is 0 Å². The highest BCUT2D eigenvalue weighted by Crippen LogP contribution is 2.36. The van der Waals surface area contributed by atoms with E-state index in [9.17, 15) is 9.18 Å². The number of anilines is 1. The van der Waals surface area contributed by atoms with Crippen molar-refractivity contribution in [3.8, 4) is 11.5 Å². The molecule has 31 heavy (non-hydrogen) atoms. The Labute approximate surface area is 192 Å². The van der Waals surface area contributed by atoms with Crippen molar-refractivity contribution in [3.63, 3.8) is 0 Å². The molecule has 0 aliphatic carbocycles. The minimum absolute atomic E-state index is 0. The van der Waals surface area contributed by atoms with Gasteiger partial charge in [0, 0.05) is 6.54 Å².